The van der Waals surface area contributed by atoms with Crippen LogP contribution in [0.1, 0.15) is 26.7 Å². The van der Waals surface area contributed by atoms with Crippen molar-refractivity contribution in [1.82, 2.24) is 25.5 Å². The van der Waals surface area contributed by atoms with Crippen molar-refractivity contribution >= 4 is 39.3 Å². The second-order valence-corrected chi connectivity index (χ2v) is 8.40. The summed E-state index contributed by atoms with van der Waals surface area (Å²) >= 11 is 0. The fourth-order valence-corrected chi connectivity index (χ4v) is 3.80. The van der Waals surface area contributed by atoms with Crippen LogP contribution in [-0.4, -0.2) is 58.9 Å². The highest BCUT2D eigenvalue weighted by Crippen LogP contribution is 2.19. The third-order valence-electron chi connectivity index (χ3n) is 3.50. The largest absolute Gasteiger partial charge is 0.359 e. The van der Waals surface area contributed by atoms with Crippen LogP contribution in [0.15, 0.2) is 15.8 Å². The maximum absolute atomic E-state index is 13.1. The van der Waals surface area contributed by atoms with Gasteiger partial charge in [0.2, 0.25) is 23.5 Å². The van der Waals surface area contributed by atoms with Gasteiger partial charge >= 0.3 is 5.69 Å². The molecule has 1 heterocycles. The molecule has 4 N–H and O–H groups in total. The highest BCUT2D eigenvalue weighted by Gasteiger charge is 2.07. The van der Waals surface area contributed by atoms with Gasteiger partial charge in [0.1, 0.15) is 0 Å². The van der Waals surface area contributed by atoms with E-state index in [2.05, 4.69) is 16.0 Å². The van der Waals surface area contributed by atoms with Crippen molar-refractivity contribution in [3.8, 4) is 0 Å². The first-order valence-electron chi connectivity index (χ1n) is 8.81. The number of carbonyl (C=O) groups is 3. The second kappa shape index (κ2) is 15.5. The van der Waals surface area contributed by atoms with Gasteiger partial charge in [-0.15, -0.1) is 0 Å². The Labute approximate surface area is 181 Å². The topological polar surface area (TPSA) is 142 Å². The molecule has 0 unspecified atom stereocenters. The van der Waals surface area contributed by atoms with E-state index in [0.717, 1.165) is 10.8 Å². The predicted octanol–water partition coefficient (Wildman–Crippen LogP) is -0.158. The normalized spacial score (nSPS) is 10.1. The van der Waals surface area contributed by atoms with Gasteiger partial charge in [-0.3, -0.25) is 28.7 Å². The zero-order chi connectivity index (χ0) is 21.6. The van der Waals surface area contributed by atoms with Crippen LogP contribution in [0, 0.1) is 5.82 Å². The van der Waals surface area contributed by atoms with E-state index in [9.17, 15) is 28.4 Å². The molecule has 13 heteroatoms. The van der Waals surface area contributed by atoms with Crippen LogP contribution in [0.25, 0.3) is 0 Å². The average molecular weight is 466 g/mol. The van der Waals surface area contributed by atoms with Crippen molar-refractivity contribution in [3.63, 3.8) is 0 Å². The second-order valence-electron chi connectivity index (χ2n) is 5.70. The molecule has 30 heavy (non-hydrogen) atoms. The predicted molar refractivity (Wildman–Crippen MR) is 117 cm³/mol. The summed E-state index contributed by atoms with van der Waals surface area (Å²) in [4.78, 5) is 58.5. The van der Waals surface area contributed by atoms with Crippen LogP contribution in [0.3, 0.4) is 0 Å². The molecule has 10 nitrogen and oxygen atoms in total. The Morgan fingerprint density at radius 1 is 1.00 bits per heavy atom. The highest BCUT2D eigenvalue weighted by molar-refractivity contribution is 8.76. The monoisotopic (exact) mass is 465 g/mol. The molecule has 1 aromatic heterocycles. The molecule has 0 spiro atoms. The van der Waals surface area contributed by atoms with E-state index >= 15 is 0 Å². The number of nitrogens with one attached hydrogen (secondary N) is 4. The van der Waals surface area contributed by atoms with E-state index in [1.807, 2.05) is 4.98 Å². The summed E-state index contributed by atoms with van der Waals surface area (Å²) < 4.78 is 14.1. The molecule has 1 rings (SSSR count). The lowest BCUT2D eigenvalue weighted by molar-refractivity contribution is -0.126. The number of rotatable bonds is 13. The molecule has 170 valence electrons. The fraction of sp³-hybridized carbons (Fsp3) is 0.588. The van der Waals surface area contributed by atoms with Crippen molar-refractivity contribution in [3.05, 3.63) is 32.9 Å². The van der Waals surface area contributed by atoms with Gasteiger partial charge in [0.25, 0.3) is 5.56 Å². The molecular weight excluding hydrogens is 437 g/mol. The molecule has 0 saturated heterocycles. The van der Waals surface area contributed by atoms with E-state index in [1.165, 1.54) is 17.8 Å². The number of amides is 3. The SMILES string of the molecule is C.CNC(=O)CCC(=O)NCCSSCCNC(=O)CCn1cc(F)c(=O)[nH]c1=O. The number of aromatic amines is 1. The van der Waals surface area contributed by atoms with Crippen LogP contribution in [0.4, 0.5) is 4.39 Å². The van der Waals surface area contributed by atoms with Crippen molar-refractivity contribution < 1.29 is 18.8 Å². The first-order chi connectivity index (χ1) is 13.8. The minimum absolute atomic E-state index is 0. The number of carbonyl (C=O) groups excluding carboxylic acids is 3. The van der Waals surface area contributed by atoms with Crippen LogP contribution >= 0.6 is 21.6 Å². The molecule has 1 aromatic rings. The van der Waals surface area contributed by atoms with Crippen LogP contribution in [-0.2, 0) is 20.9 Å². The Kier molecular flexibility index (Phi) is 14.4. The Morgan fingerprint density at radius 3 is 2.10 bits per heavy atom. The van der Waals surface area contributed by atoms with E-state index in [4.69, 9.17) is 0 Å². The number of nitrogens with zero attached hydrogens (tertiary/aromatic N) is 1. The number of hydrogen-bond donors (Lipinski definition) is 4. The lowest BCUT2D eigenvalue weighted by Crippen LogP contribution is -2.33. The third-order valence-corrected chi connectivity index (χ3v) is 5.91. The number of hydrogen-bond acceptors (Lipinski definition) is 7. The van der Waals surface area contributed by atoms with Crippen LogP contribution < -0.4 is 27.2 Å². The van der Waals surface area contributed by atoms with Gasteiger partial charge in [-0.25, -0.2) is 4.79 Å². The lowest BCUT2D eigenvalue weighted by atomic mass is 10.3. The molecule has 3 amide bonds. The molecule has 0 bridgehead atoms. The molecule has 0 aromatic carbocycles. The first-order valence-corrected chi connectivity index (χ1v) is 11.3. The van der Waals surface area contributed by atoms with Gasteiger partial charge in [-0.2, -0.15) is 4.39 Å². The van der Waals surface area contributed by atoms with Crippen molar-refractivity contribution in [1.29, 1.82) is 0 Å². The van der Waals surface area contributed by atoms with Gasteiger partial charge < -0.3 is 16.0 Å². The summed E-state index contributed by atoms with van der Waals surface area (Å²) in [6.45, 7) is 0.866. The average Bonchev–Trinajstić information content (AvgIpc) is 2.69. The van der Waals surface area contributed by atoms with E-state index in [0.29, 0.717) is 24.6 Å². The molecule has 0 aliphatic rings. The zero-order valence-electron chi connectivity index (χ0n) is 15.9. The molecule has 0 saturated carbocycles. The molecule has 0 aliphatic carbocycles. The van der Waals surface area contributed by atoms with Crippen molar-refractivity contribution in [2.24, 2.45) is 0 Å². The molecule has 0 atom stereocenters. The summed E-state index contributed by atoms with van der Waals surface area (Å²) in [6.07, 6.45) is 1.07. The maximum atomic E-state index is 13.1. The summed E-state index contributed by atoms with van der Waals surface area (Å²) in [6, 6.07) is 0. The van der Waals surface area contributed by atoms with Crippen LogP contribution in [0.5, 0.6) is 0 Å². The third kappa shape index (κ3) is 11.7. The van der Waals surface area contributed by atoms with Gasteiger partial charge in [0.05, 0.1) is 6.20 Å². The Bertz CT molecular complexity index is 814. The van der Waals surface area contributed by atoms with Gasteiger partial charge in [0, 0.05) is 57.5 Å². The van der Waals surface area contributed by atoms with E-state index in [-0.39, 0.29) is 51.0 Å². The molecule has 0 aliphatic heterocycles. The summed E-state index contributed by atoms with van der Waals surface area (Å²) in [7, 11) is 4.59. The Balaban J connectivity index is 0.00000841. The van der Waals surface area contributed by atoms with E-state index < -0.39 is 17.1 Å². The Hall–Kier alpha value is -2.28. The van der Waals surface area contributed by atoms with Gasteiger partial charge in [0.15, 0.2) is 0 Å². The minimum Gasteiger partial charge on any atom is -0.359 e. The molecule has 0 radical (unpaired) electrons. The fourth-order valence-electron chi connectivity index (χ4n) is 1.98. The van der Waals surface area contributed by atoms with Crippen molar-refractivity contribution in [2.45, 2.75) is 33.2 Å². The summed E-state index contributed by atoms with van der Waals surface area (Å²) in [5.41, 5.74) is -1.86. The highest BCUT2D eigenvalue weighted by atomic mass is 33.1. The molecule has 0 fully saturated rings. The first kappa shape index (κ1) is 27.7. The number of halogens is 1. The lowest BCUT2D eigenvalue weighted by Gasteiger charge is -2.07. The quantitative estimate of drug-likeness (QED) is 0.234. The van der Waals surface area contributed by atoms with Gasteiger partial charge in [-0.05, 0) is 0 Å². The smallest absolute Gasteiger partial charge is 0.328 e. The summed E-state index contributed by atoms with van der Waals surface area (Å²) in [5, 5.41) is 7.84. The van der Waals surface area contributed by atoms with Gasteiger partial charge in [-0.1, -0.05) is 29.0 Å². The zero-order valence-corrected chi connectivity index (χ0v) is 17.6. The summed E-state index contributed by atoms with van der Waals surface area (Å²) in [5.74, 6) is -0.393. The number of aryl methyl sites for hydroxylation is 1. The number of H-pyrrole nitrogens is 1. The van der Waals surface area contributed by atoms with Crippen molar-refractivity contribution in [2.75, 3.05) is 31.6 Å². The standard InChI is InChI=1S/C16H24FN5O5S2.CH4/c1-18-12(23)2-3-13(24)19-5-8-28-29-9-6-20-14(25)4-7-22-10-11(17)15(26)21-16(22)27;/h10H,2-9H2,1H3,(H,18,23)(H,19,24)(H,20,25)(H,21,26,27);1H4. The van der Waals surface area contributed by atoms with Crippen LogP contribution in [0.2, 0.25) is 0 Å². The number of aromatic nitrogens is 2. The maximum Gasteiger partial charge on any atom is 0.328 e. The van der Waals surface area contributed by atoms with E-state index in [1.54, 1.807) is 10.8 Å². The Morgan fingerprint density at radius 2 is 1.53 bits per heavy atom. The molecular formula is C17H28FN5O5S2. The minimum atomic E-state index is -1.09.